The number of terminal acetylenes is 1. The number of hydrogen-bond donors (Lipinski definition) is 2. The molecule has 8 nitrogen and oxygen atoms in total. The number of carboxylic acids is 1. The van der Waals surface area contributed by atoms with Crippen LogP contribution in [-0.4, -0.2) is 41.6 Å². The minimum atomic E-state index is -1.16. The number of anilines is 1. The molecule has 2 fully saturated rings. The fraction of sp³-hybridized carbons (Fsp3) is 0.567. The molecule has 0 saturated heterocycles. The molecule has 1 unspecified atom stereocenters. The lowest BCUT2D eigenvalue weighted by atomic mass is 9.80. The monoisotopic (exact) mass is 514 g/mol. The van der Waals surface area contributed by atoms with Crippen LogP contribution < -0.4 is 5.32 Å². The molecule has 3 aromatic heterocycles. The third kappa shape index (κ3) is 5.24. The minimum absolute atomic E-state index is 0.0522. The first-order valence-electron chi connectivity index (χ1n) is 13.8. The van der Waals surface area contributed by atoms with Gasteiger partial charge in [0.05, 0.1) is 0 Å². The average molecular weight is 515 g/mol. The van der Waals surface area contributed by atoms with Crippen molar-refractivity contribution in [3.63, 3.8) is 0 Å². The summed E-state index contributed by atoms with van der Waals surface area (Å²) >= 11 is 0. The molecule has 0 aliphatic heterocycles. The number of aromatic carboxylic acids is 1. The molecule has 3 heterocycles. The molecule has 2 N–H and O–H groups in total. The van der Waals surface area contributed by atoms with Gasteiger partial charge in [0.2, 0.25) is 5.82 Å². The van der Waals surface area contributed by atoms with E-state index in [0.29, 0.717) is 35.0 Å². The SMILES string of the molecule is C#CC1CCC(Cn2c(-c3cc(C(C)(C)C)ccn3)nc3nc(C(=O)O)nc(NC(C)C4CCC4)c32)CC1. The average Bonchev–Trinajstić information content (AvgIpc) is 3.21. The van der Waals surface area contributed by atoms with E-state index in [9.17, 15) is 9.90 Å². The van der Waals surface area contributed by atoms with Crippen molar-refractivity contribution < 1.29 is 9.90 Å². The smallest absolute Gasteiger partial charge is 0.374 e. The Morgan fingerprint density at radius 1 is 1.18 bits per heavy atom. The second-order valence-corrected chi connectivity index (χ2v) is 12.1. The topological polar surface area (TPSA) is 106 Å². The standard InChI is InChI=1S/C30H38N6O2/c1-6-19-10-12-20(13-11-19)17-36-24-25(32-18(2)21-8-7-9-21)33-27(29(37)38)34-26(24)35-28(36)23-16-22(14-15-31-23)30(3,4)5/h1,14-16,18-21H,7-13,17H2,2-5H3,(H,37,38)(H,32,33,34). The fourth-order valence-corrected chi connectivity index (χ4v) is 5.67. The van der Waals surface area contributed by atoms with Gasteiger partial charge in [-0.2, -0.15) is 0 Å². The van der Waals surface area contributed by atoms with Gasteiger partial charge in [-0.1, -0.05) is 27.2 Å². The van der Waals surface area contributed by atoms with Gasteiger partial charge in [-0.25, -0.2) is 19.7 Å². The highest BCUT2D eigenvalue weighted by Gasteiger charge is 2.29. The number of aromatic nitrogens is 5. The maximum atomic E-state index is 12.0. The van der Waals surface area contributed by atoms with Gasteiger partial charge in [-0.3, -0.25) is 4.98 Å². The van der Waals surface area contributed by atoms with Crippen LogP contribution in [0.1, 0.15) is 88.8 Å². The Morgan fingerprint density at radius 2 is 1.92 bits per heavy atom. The first-order valence-corrected chi connectivity index (χ1v) is 13.8. The van der Waals surface area contributed by atoms with E-state index in [0.717, 1.165) is 49.0 Å². The number of nitrogens with one attached hydrogen (secondary N) is 1. The maximum absolute atomic E-state index is 12.0. The number of nitrogens with zero attached hydrogens (tertiary/aromatic N) is 5. The fourth-order valence-electron chi connectivity index (χ4n) is 5.67. The van der Waals surface area contributed by atoms with E-state index in [2.05, 4.69) is 59.5 Å². The van der Waals surface area contributed by atoms with Crippen molar-refractivity contribution in [3.05, 3.63) is 29.7 Å². The summed E-state index contributed by atoms with van der Waals surface area (Å²) in [5.41, 5.74) is 2.99. The molecule has 200 valence electrons. The molecule has 3 aromatic rings. The second-order valence-electron chi connectivity index (χ2n) is 12.1. The molecular formula is C30H38N6O2. The summed E-state index contributed by atoms with van der Waals surface area (Å²) in [6.45, 7) is 9.40. The van der Waals surface area contributed by atoms with Crippen LogP contribution in [0, 0.1) is 30.1 Å². The number of rotatable bonds is 7. The van der Waals surface area contributed by atoms with Gasteiger partial charge in [0.1, 0.15) is 11.2 Å². The Kier molecular flexibility index (Phi) is 7.13. The summed E-state index contributed by atoms with van der Waals surface area (Å²) in [4.78, 5) is 30.4. The third-order valence-electron chi connectivity index (χ3n) is 8.39. The Hall–Kier alpha value is -3.47. The summed E-state index contributed by atoms with van der Waals surface area (Å²) in [6, 6.07) is 4.29. The number of carboxylic acid groups (broad SMARTS) is 1. The number of pyridine rings is 1. The van der Waals surface area contributed by atoms with Crippen LogP contribution in [0.4, 0.5) is 5.82 Å². The number of imidazole rings is 1. The van der Waals surface area contributed by atoms with E-state index in [1.807, 2.05) is 12.3 Å². The largest absolute Gasteiger partial charge is 0.475 e. The number of carbonyl (C=O) groups is 1. The van der Waals surface area contributed by atoms with Crippen molar-refractivity contribution in [3.8, 4) is 23.9 Å². The van der Waals surface area contributed by atoms with E-state index in [-0.39, 0.29) is 17.3 Å². The zero-order valence-electron chi connectivity index (χ0n) is 22.9. The van der Waals surface area contributed by atoms with Crippen LogP contribution in [-0.2, 0) is 12.0 Å². The predicted molar refractivity (Wildman–Crippen MR) is 149 cm³/mol. The molecule has 0 aromatic carbocycles. The molecule has 2 aliphatic rings. The van der Waals surface area contributed by atoms with Crippen LogP contribution in [0.3, 0.4) is 0 Å². The lowest BCUT2D eigenvalue weighted by Gasteiger charge is -2.32. The number of fused-ring (bicyclic) bond motifs is 1. The highest BCUT2D eigenvalue weighted by molar-refractivity contribution is 5.92. The molecule has 1 atom stereocenters. The van der Waals surface area contributed by atoms with E-state index >= 15 is 0 Å². The molecule has 2 saturated carbocycles. The van der Waals surface area contributed by atoms with Crippen molar-refractivity contribution in [2.24, 2.45) is 17.8 Å². The first-order chi connectivity index (χ1) is 18.1. The molecule has 0 bridgehead atoms. The lowest BCUT2D eigenvalue weighted by Crippen LogP contribution is -2.31. The van der Waals surface area contributed by atoms with Crippen LogP contribution in [0.2, 0.25) is 0 Å². The van der Waals surface area contributed by atoms with E-state index < -0.39 is 5.97 Å². The molecule has 5 rings (SSSR count). The van der Waals surface area contributed by atoms with Gasteiger partial charge in [0.15, 0.2) is 17.3 Å². The highest BCUT2D eigenvalue weighted by Crippen LogP contribution is 2.36. The highest BCUT2D eigenvalue weighted by atomic mass is 16.4. The number of hydrogen-bond acceptors (Lipinski definition) is 6. The molecule has 8 heteroatoms. The summed E-state index contributed by atoms with van der Waals surface area (Å²) in [5, 5.41) is 13.3. The molecule has 0 radical (unpaired) electrons. The van der Waals surface area contributed by atoms with Crippen molar-refractivity contribution >= 4 is 23.0 Å². The third-order valence-corrected chi connectivity index (χ3v) is 8.39. The van der Waals surface area contributed by atoms with Gasteiger partial charge in [-0.15, -0.1) is 12.3 Å². The summed E-state index contributed by atoms with van der Waals surface area (Å²) in [5.74, 6) is 4.07. The summed E-state index contributed by atoms with van der Waals surface area (Å²) in [7, 11) is 0. The maximum Gasteiger partial charge on any atom is 0.374 e. The Labute approximate surface area is 224 Å². The van der Waals surface area contributed by atoms with Gasteiger partial charge < -0.3 is 15.0 Å². The summed E-state index contributed by atoms with van der Waals surface area (Å²) < 4.78 is 2.17. The Bertz CT molecular complexity index is 1370. The van der Waals surface area contributed by atoms with Crippen molar-refractivity contribution in [2.75, 3.05) is 5.32 Å². The van der Waals surface area contributed by atoms with E-state index in [1.54, 1.807) is 0 Å². The molecule has 2 aliphatic carbocycles. The van der Waals surface area contributed by atoms with Crippen LogP contribution in [0.15, 0.2) is 18.3 Å². The van der Waals surface area contributed by atoms with Crippen LogP contribution in [0.25, 0.3) is 22.7 Å². The lowest BCUT2D eigenvalue weighted by molar-refractivity contribution is 0.0684. The van der Waals surface area contributed by atoms with Crippen molar-refractivity contribution in [1.82, 2.24) is 24.5 Å². The minimum Gasteiger partial charge on any atom is -0.475 e. The zero-order chi connectivity index (χ0) is 27.0. The van der Waals surface area contributed by atoms with Crippen LogP contribution >= 0.6 is 0 Å². The predicted octanol–water partition coefficient (Wildman–Crippen LogP) is 5.92. The van der Waals surface area contributed by atoms with Crippen molar-refractivity contribution in [2.45, 2.75) is 90.6 Å². The van der Waals surface area contributed by atoms with Gasteiger partial charge in [0.25, 0.3) is 0 Å². The first kappa shape index (κ1) is 26.1. The van der Waals surface area contributed by atoms with Crippen LogP contribution in [0.5, 0.6) is 0 Å². The van der Waals surface area contributed by atoms with E-state index in [1.165, 1.54) is 19.3 Å². The molecule has 0 spiro atoms. The Balaban J connectivity index is 1.65. The molecular weight excluding hydrogens is 476 g/mol. The van der Waals surface area contributed by atoms with Gasteiger partial charge in [0, 0.05) is 24.7 Å². The normalized spacial score (nSPS) is 21.0. The van der Waals surface area contributed by atoms with E-state index in [4.69, 9.17) is 16.4 Å². The second kappa shape index (κ2) is 10.4. The van der Waals surface area contributed by atoms with Gasteiger partial charge in [-0.05, 0) is 80.4 Å². The molecule has 0 amide bonds. The van der Waals surface area contributed by atoms with Crippen molar-refractivity contribution in [1.29, 1.82) is 0 Å². The Morgan fingerprint density at radius 3 is 2.53 bits per heavy atom. The zero-order valence-corrected chi connectivity index (χ0v) is 22.9. The quantitative estimate of drug-likeness (QED) is 0.377. The summed E-state index contributed by atoms with van der Waals surface area (Å²) in [6.07, 6.45) is 15.2. The molecule has 38 heavy (non-hydrogen) atoms. The van der Waals surface area contributed by atoms with Gasteiger partial charge >= 0.3 is 5.97 Å².